The highest BCUT2D eigenvalue weighted by Crippen LogP contribution is 2.10. The molecule has 0 aliphatic carbocycles. The SMILES string of the molecule is CCNC(=O)NNC(=O)c1ccc(OC)cc1. The predicted molar refractivity (Wildman–Crippen MR) is 62.7 cm³/mol. The summed E-state index contributed by atoms with van der Waals surface area (Å²) >= 11 is 0. The van der Waals surface area contributed by atoms with Crippen molar-refractivity contribution >= 4 is 11.9 Å². The molecule has 0 bridgehead atoms. The number of rotatable bonds is 3. The number of carbonyl (C=O) groups is 2. The molecule has 17 heavy (non-hydrogen) atoms. The summed E-state index contributed by atoms with van der Waals surface area (Å²) in [5.41, 5.74) is 4.94. The van der Waals surface area contributed by atoms with Crippen LogP contribution >= 0.6 is 0 Å². The van der Waals surface area contributed by atoms with Gasteiger partial charge in [-0.15, -0.1) is 0 Å². The van der Waals surface area contributed by atoms with Gasteiger partial charge in [0.25, 0.3) is 5.91 Å². The number of carbonyl (C=O) groups excluding carboxylic acids is 2. The molecule has 0 atom stereocenters. The van der Waals surface area contributed by atoms with E-state index in [1.54, 1.807) is 38.3 Å². The summed E-state index contributed by atoms with van der Waals surface area (Å²) in [6, 6.07) is 6.10. The Morgan fingerprint density at radius 3 is 2.35 bits per heavy atom. The summed E-state index contributed by atoms with van der Waals surface area (Å²) in [6.07, 6.45) is 0. The van der Waals surface area contributed by atoms with E-state index in [0.29, 0.717) is 17.9 Å². The molecule has 0 fully saturated rings. The molecule has 0 unspecified atom stereocenters. The van der Waals surface area contributed by atoms with Crippen molar-refractivity contribution in [2.45, 2.75) is 6.92 Å². The third-order valence-electron chi connectivity index (χ3n) is 1.98. The Hall–Kier alpha value is -2.24. The maximum atomic E-state index is 11.6. The highest BCUT2D eigenvalue weighted by atomic mass is 16.5. The lowest BCUT2D eigenvalue weighted by Gasteiger charge is -2.07. The molecule has 3 N–H and O–H groups in total. The Morgan fingerprint density at radius 2 is 1.82 bits per heavy atom. The molecule has 92 valence electrons. The van der Waals surface area contributed by atoms with Crippen molar-refractivity contribution in [1.29, 1.82) is 0 Å². The van der Waals surface area contributed by atoms with Crippen LogP contribution in [0, 0.1) is 0 Å². The van der Waals surface area contributed by atoms with Crippen molar-refractivity contribution < 1.29 is 14.3 Å². The average Bonchev–Trinajstić information content (AvgIpc) is 2.36. The van der Waals surface area contributed by atoms with Crippen LogP contribution in [-0.2, 0) is 0 Å². The van der Waals surface area contributed by atoms with Gasteiger partial charge in [0.15, 0.2) is 0 Å². The Labute approximate surface area is 99.3 Å². The van der Waals surface area contributed by atoms with E-state index < -0.39 is 6.03 Å². The number of methoxy groups -OCH3 is 1. The van der Waals surface area contributed by atoms with Crippen LogP contribution in [0.4, 0.5) is 4.79 Å². The zero-order chi connectivity index (χ0) is 12.7. The summed E-state index contributed by atoms with van der Waals surface area (Å²) in [5, 5.41) is 2.49. The van der Waals surface area contributed by atoms with Gasteiger partial charge in [-0.05, 0) is 31.2 Å². The summed E-state index contributed by atoms with van der Waals surface area (Å²) in [6.45, 7) is 2.27. The molecule has 0 saturated carbocycles. The largest absolute Gasteiger partial charge is 0.497 e. The number of hydrogen-bond acceptors (Lipinski definition) is 3. The van der Waals surface area contributed by atoms with Crippen molar-refractivity contribution in [2.24, 2.45) is 0 Å². The maximum absolute atomic E-state index is 11.6. The van der Waals surface area contributed by atoms with E-state index in [-0.39, 0.29) is 5.91 Å². The molecule has 0 aliphatic rings. The summed E-state index contributed by atoms with van der Waals surface area (Å²) in [7, 11) is 1.55. The minimum absolute atomic E-state index is 0.390. The van der Waals surface area contributed by atoms with E-state index in [1.807, 2.05) is 0 Å². The van der Waals surface area contributed by atoms with Gasteiger partial charge in [-0.3, -0.25) is 10.2 Å². The van der Waals surface area contributed by atoms with Crippen LogP contribution in [0.2, 0.25) is 0 Å². The van der Waals surface area contributed by atoms with Crippen molar-refractivity contribution in [3.05, 3.63) is 29.8 Å². The molecule has 1 aromatic carbocycles. The fourth-order valence-corrected chi connectivity index (χ4v) is 1.13. The van der Waals surface area contributed by atoms with E-state index in [0.717, 1.165) is 0 Å². The lowest BCUT2D eigenvalue weighted by atomic mass is 10.2. The van der Waals surface area contributed by atoms with Gasteiger partial charge in [0, 0.05) is 12.1 Å². The van der Waals surface area contributed by atoms with Crippen LogP contribution in [-0.4, -0.2) is 25.6 Å². The average molecular weight is 237 g/mol. The maximum Gasteiger partial charge on any atom is 0.333 e. The van der Waals surface area contributed by atoms with Crippen LogP contribution in [0.5, 0.6) is 5.75 Å². The van der Waals surface area contributed by atoms with Gasteiger partial charge in [0.1, 0.15) is 5.75 Å². The number of hydrazine groups is 1. The summed E-state index contributed by atoms with van der Waals surface area (Å²) in [5.74, 6) is 0.275. The van der Waals surface area contributed by atoms with Crippen molar-refractivity contribution in [1.82, 2.24) is 16.2 Å². The van der Waals surface area contributed by atoms with Crippen molar-refractivity contribution in [2.75, 3.05) is 13.7 Å². The van der Waals surface area contributed by atoms with Crippen LogP contribution in [0.25, 0.3) is 0 Å². The quantitative estimate of drug-likeness (QED) is 0.676. The zero-order valence-corrected chi connectivity index (χ0v) is 9.74. The number of urea groups is 1. The number of benzene rings is 1. The molecule has 1 aromatic rings. The second-order valence-corrected chi connectivity index (χ2v) is 3.17. The van der Waals surface area contributed by atoms with E-state index in [9.17, 15) is 9.59 Å². The first-order valence-corrected chi connectivity index (χ1v) is 5.15. The van der Waals surface area contributed by atoms with Gasteiger partial charge in [0.2, 0.25) is 0 Å². The Kier molecular flexibility index (Phi) is 4.80. The van der Waals surface area contributed by atoms with Crippen LogP contribution in [0.15, 0.2) is 24.3 Å². The molecule has 0 saturated heterocycles. The van der Waals surface area contributed by atoms with Gasteiger partial charge in [-0.25, -0.2) is 10.2 Å². The minimum Gasteiger partial charge on any atom is -0.497 e. The molecule has 0 aromatic heterocycles. The molecule has 6 nitrogen and oxygen atoms in total. The first kappa shape index (κ1) is 12.8. The van der Waals surface area contributed by atoms with E-state index in [4.69, 9.17) is 4.74 Å². The molecule has 0 aliphatic heterocycles. The van der Waals surface area contributed by atoms with Crippen LogP contribution in [0.1, 0.15) is 17.3 Å². The second-order valence-electron chi connectivity index (χ2n) is 3.17. The van der Waals surface area contributed by atoms with Gasteiger partial charge in [0.05, 0.1) is 7.11 Å². The van der Waals surface area contributed by atoms with Crippen LogP contribution in [0.3, 0.4) is 0 Å². The lowest BCUT2D eigenvalue weighted by molar-refractivity contribution is 0.0936. The second kappa shape index (κ2) is 6.37. The lowest BCUT2D eigenvalue weighted by Crippen LogP contribution is -2.46. The molecular formula is C11H15N3O3. The highest BCUT2D eigenvalue weighted by molar-refractivity contribution is 5.95. The number of hydrogen-bond donors (Lipinski definition) is 3. The van der Waals surface area contributed by atoms with E-state index in [2.05, 4.69) is 16.2 Å². The normalized spacial score (nSPS) is 9.29. The third-order valence-corrected chi connectivity index (χ3v) is 1.98. The van der Waals surface area contributed by atoms with Crippen molar-refractivity contribution in [3.63, 3.8) is 0 Å². The Morgan fingerprint density at radius 1 is 1.18 bits per heavy atom. The highest BCUT2D eigenvalue weighted by Gasteiger charge is 2.06. The third kappa shape index (κ3) is 4.02. The molecule has 0 radical (unpaired) electrons. The summed E-state index contributed by atoms with van der Waals surface area (Å²) < 4.78 is 4.97. The van der Waals surface area contributed by atoms with Crippen molar-refractivity contribution in [3.8, 4) is 5.75 Å². The molecule has 1 rings (SSSR count). The van der Waals surface area contributed by atoms with E-state index in [1.165, 1.54) is 0 Å². The fraction of sp³-hybridized carbons (Fsp3) is 0.273. The summed E-state index contributed by atoms with van der Waals surface area (Å²) in [4.78, 5) is 22.6. The fourth-order valence-electron chi connectivity index (χ4n) is 1.13. The number of amides is 3. The van der Waals surface area contributed by atoms with E-state index >= 15 is 0 Å². The monoisotopic (exact) mass is 237 g/mol. The van der Waals surface area contributed by atoms with Gasteiger partial charge in [-0.1, -0.05) is 0 Å². The van der Waals surface area contributed by atoms with Gasteiger partial charge < -0.3 is 10.1 Å². The molecular weight excluding hydrogens is 222 g/mol. The van der Waals surface area contributed by atoms with Crippen LogP contribution < -0.4 is 20.9 Å². The first-order valence-electron chi connectivity index (χ1n) is 5.15. The predicted octanol–water partition coefficient (Wildman–Crippen LogP) is 0.659. The molecule has 3 amide bonds. The van der Waals surface area contributed by atoms with Gasteiger partial charge >= 0.3 is 6.03 Å². The number of nitrogens with one attached hydrogen (secondary N) is 3. The minimum atomic E-state index is -0.450. The first-order chi connectivity index (χ1) is 8.17. The smallest absolute Gasteiger partial charge is 0.333 e. The molecule has 0 spiro atoms. The van der Waals surface area contributed by atoms with Gasteiger partial charge in [-0.2, -0.15) is 0 Å². The molecule has 0 heterocycles. The zero-order valence-electron chi connectivity index (χ0n) is 9.74. The Balaban J connectivity index is 2.49. The standard InChI is InChI=1S/C11H15N3O3/c1-3-12-11(16)14-13-10(15)8-4-6-9(17-2)7-5-8/h4-7H,3H2,1-2H3,(H,13,15)(H2,12,14,16). The number of ether oxygens (including phenoxy) is 1. The molecule has 6 heteroatoms. The Bertz CT molecular complexity index is 389. The topological polar surface area (TPSA) is 79.5 Å².